The molecule has 25 heavy (non-hydrogen) atoms. The number of hydrogen-bond acceptors (Lipinski definition) is 1. The minimum atomic E-state index is -0.333. The van der Waals surface area contributed by atoms with Gasteiger partial charge in [0.05, 0.1) is 0 Å². The Morgan fingerprint density at radius 2 is 1.80 bits per heavy atom. The lowest BCUT2D eigenvalue weighted by atomic mass is 10.0. The molecule has 2 rings (SSSR count). The van der Waals surface area contributed by atoms with Crippen LogP contribution < -0.4 is 0 Å². The predicted octanol–water partition coefficient (Wildman–Crippen LogP) is 6.54. The van der Waals surface area contributed by atoms with E-state index in [2.05, 4.69) is 45.9 Å². The molecule has 0 aliphatic heterocycles. The van der Waals surface area contributed by atoms with Gasteiger partial charge in [0.25, 0.3) is 0 Å². The van der Waals surface area contributed by atoms with Crippen molar-refractivity contribution in [1.29, 1.82) is 0 Å². The first-order valence-electron chi connectivity index (χ1n) is 8.54. The summed E-state index contributed by atoms with van der Waals surface area (Å²) in [5, 5.41) is 0. The van der Waals surface area contributed by atoms with Crippen molar-refractivity contribution in [3.05, 3.63) is 76.1 Å². The molecule has 2 heteroatoms. The first kappa shape index (κ1) is 18.9. The smallest absolute Gasteiger partial charge is 0.143 e. The zero-order valence-electron chi connectivity index (χ0n) is 15.6. The van der Waals surface area contributed by atoms with Gasteiger partial charge in [0.1, 0.15) is 12.1 Å². The number of aryl methyl sites for hydroxylation is 2. The second-order valence-electron chi connectivity index (χ2n) is 6.80. The number of allylic oxidation sites excluding steroid dienone is 5. The number of fused-ring (bicyclic) bond motifs is 1. The van der Waals surface area contributed by atoms with Gasteiger partial charge in [-0.05, 0) is 83.9 Å². The predicted molar refractivity (Wildman–Crippen MR) is 105 cm³/mol. The summed E-state index contributed by atoms with van der Waals surface area (Å²) in [7, 11) is 0. The van der Waals surface area contributed by atoms with E-state index in [-0.39, 0.29) is 5.83 Å². The fourth-order valence-electron chi connectivity index (χ4n) is 2.92. The summed E-state index contributed by atoms with van der Waals surface area (Å²) in [6, 6.07) is 8.50. The van der Waals surface area contributed by atoms with E-state index < -0.39 is 0 Å². The topological polar surface area (TPSA) is 17.1 Å². The Balaban J connectivity index is 2.50. The Bertz CT molecular complexity index is 838. The Labute approximate surface area is 149 Å². The van der Waals surface area contributed by atoms with E-state index in [1.54, 1.807) is 19.1 Å². The molecule has 0 N–H and O–H groups in total. The minimum absolute atomic E-state index is 0.333. The van der Waals surface area contributed by atoms with Crippen LogP contribution in [0.3, 0.4) is 0 Å². The highest BCUT2D eigenvalue weighted by Gasteiger charge is 2.15. The molecule has 0 unspecified atom stereocenters. The number of rotatable bonds is 5. The SMILES string of the molecule is CC(C=CC(F)=Cc1cc(C)c2cc(C(C)C)ccc(C)c1-2)=CC=O. The summed E-state index contributed by atoms with van der Waals surface area (Å²) >= 11 is 0. The Hall–Kier alpha value is -2.48. The highest BCUT2D eigenvalue weighted by Crippen LogP contribution is 2.37. The van der Waals surface area contributed by atoms with Gasteiger partial charge in [-0.1, -0.05) is 44.2 Å². The van der Waals surface area contributed by atoms with E-state index >= 15 is 0 Å². The van der Waals surface area contributed by atoms with Crippen LogP contribution in [0.5, 0.6) is 0 Å². The molecular weight excluding hydrogens is 311 g/mol. The first-order valence-corrected chi connectivity index (χ1v) is 8.54. The molecule has 0 saturated heterocycles. The summed E-state index contributed by atoms with van der Waals surface area (Å²) < 4.78 is 14.3. The number of halogens is 1. The molecule has 0 spiro atoms. The molecule has 0 radical (unpaired) electrons. The lowest BCUT2D eigenvalue weighted by molar-refractivity contribution is -0.104. The fraction of sp³-hybridized carbons (Fsp3) is 0.261. The van der Waals surface area contributed by atoms with E-state index in [0.717, 1.165) is 22.3 Å². The molecule has 2 aliphatic rings. The summed E-state index contributed by atoms with van der Waals surface area (Å²) in [6.07, 6.45) is 6.65. The normalized spacial score (nSPS) is 13.2. The summed E-state index contributed by atoms with van der Waals surface area (Å²) in [5.41, 5.74) is 7.42. The Morgan fingerprint density at radius 3 is 2.44 bits per heavy atom. The molecule has 0 aromatic rings. The molecule has 0 saturated carbocycles. The van der Waals surface area contributed by atoms with Crippen molar-refractivity contribution in [3.63, 3.8) is 0 Å². The third-order valence-electron chi connectivity index (χ3n) is 4.38. The lowest BCUT2D eigenvalue weighted by Gasteiger charge is -2.04. The maximum Gasteiger partial charge on any atom is 0.143 e. The van der Waals surface area contributed by atoms with Crippen LogP contribution in [-0.4, -0.2) is 6.29 Å². The van der Waals surface area contributed by atoms with E-state index in [0.29, 0.717) is 17.8 Å². The molecule has 2 aliphatic carbocycles. The van der Waals surface area contributed by atoms with Crippen LogP contribution in [0.15, 0.2) is 53.9 Å². The van der Waals surface area contributed by atoms with Crippen LogP contribution in [0.1, 0.15) is 48.9 Å². The van der Waals surface area contributed by atoms with Crippen LogP contribution in [0.2, 0.25) is 0 Å². The number of hydrogen-bond donors (Lipinski definition) is 0. The number of aldehydes is 1. The maximum atomic E-state index is 14.3. The van der Waals surface area contributed by atoms with Crippen molar-refractivity contribution >= 4 is 12.4 Å². The van der Waals surface area contributed by atoms with Gasteiger partial charge in [-0.3, -0.25) is 4.79 Å². The van der Waals surface area contributed by atoms with E-state index in [1.807, 2.05) is 6.07 Å². The zero-order valence-corrected chi connectivity index (χ0v) is 15.6. The van der Waals surface area contributed by atoms with Crippen LogP contribution in [0.4, 0.5) is 4.39 Å². The van der Waals surface area contributed by atoms with Crippen molar-refractivity contribution in [2.75, 3.05) is 0 Å². The van der Waals surface area contributed by atoms with Gasteiger partial charge in [-0.25, -0.2) is 4.39 Å². The maximum absolute atomic E-state index is 14.3. The van der Waals surface area contributed by atoms with E-state index in [1.165, 1.54) is 23.3 Å². The molecule has 1 nitrogen and oxygen atoms in total. The van der Waals surface area contributed by atoms with Crippen molar-refractivity contribution in [1.82, 2.24) is 0 Å². The second-order valence-corrected chi connectivity index (χ2v) is 6.80. The largest absolute Gasteiger partial charge is 0.299 e. The monoisotopic (exact) mass is 336 g/mol. The van der Waals surface area contributed by atoms with Gasteiger partial charge in [0.15, 0.2) is 0 Å². The highest BCUT2D eigenvalue weighted by molar-refractivity contribution is 5.84. The third kappa shape index (κ3) is 4.54. The van der Waals surface area contributed by atoms with Crippen LogP contribution in [-0.2, 0) is 4.79 Å². The lowest BCUT2D eigenvalue weighted by Crippen LogP contribution is -1.84. The summed E-state index contributed by atoms with van der Waals surface area (Å²) in [4.78, 5) is 10.4. The van der Waals surface area contributed by atoms with Gasteiger partial charge in [-0.15, -0.1) is 0 Å². The standard InChI is InChI=1S/C23H25FO/c1-15(2)19-8-7-17(4)23-20(12-18(5)22(23)14-19)13-21(24)9-6-16(3)10-11-25/h6-15H,1-5H3. The molecule has 0 fully saturated rings. The van der Waals surface area contributed by atoms with Crippen molar-refractivity contribution in [3.8, 4) is 11.1 Å². The third-order valence-corrected chi connectivity index (χ3v) is 4.38. The quantitative estimate of drug-likeness (QED) is 0.344. The van der Waals surface area contributed by atoms with Gasteiger partial charge in [0, 0.05) is 0 Å². The van der Waals surface area contributed by atoms with Crippen molar-refractivity contribution < 1.29 is 9.18 Å². The van der Waals surface area contributed by atoms with Crippen LogP contribution in [0.25, 0.3) is 17.2 Å². The molecule has 0 atom stereocenters. The Morgan fingerprint density at radius 1 is 1.08 bits per heavy atom. The minimum Gasteiger partial charge on any atom is -0.299 e. The zero-order chi connectivity index (χ0) is 18.6. The number of carbonyl (C=O) groups is 1. The van der Waals surface area contributed by atoms with Crippen molar-refractivity contribution in [2.45, 2.75) is 40.5 Å². The van der Waals surface area contributed by atoms with Gasteiger partial charge in [0.2, 0.25) is 0 Å². The van der Waals surface area contributed by atoms with Gasteiger partial charge in [-0.2, -0.15) is 0 Å². The van der Waals surface area contributed by atoms with Gasteiger partial charge < -0.3 is 0 Å². The molecule has 0 amide bonds. The number of carbonyl (C=O) groups excluding carboxylic acids is 1. The average Bonchev–Trinajstić information content (AvgIpc) is 2.73. The van der Waals surface area contributed by atoms with Gasteiger partial charge >= 0.3 is 0 Å². The Kier molecular flexibility index (Phi) is 6.08. The molecule has 0 aromatic heterocycles. The van der Waals surface area contributed by atoms with Crippen LogP contribution in [0, 0.1) is 13.8 Å². The summed E-state index contributed by atoms with van der Waals surface area (Å²) in [6.45, 7) is 10.2. The van der Waals surface area contributed by atoms with E-state index in [4.69, 9.17) is 0 Å². The molecular formula is C23H25FO. The van der Waals surface area contributed by atoms with Crippen molar-refractivity contribution in [2.24, 2.45) is 0 Å². The molecule has 130 valence electrons. The molecule has 0 bridgehead atoms. The molecule has 0 heterocycles. The summed E-state index contributed by atoms with van der Waals surface area (Å²) in [5.74, 6) is 0.107. The second kappa shape index (κ2) is 8.06. The fourth-order valence-corrected chi connectivity index (χ4v) is 2.92. The highest BCUT2D eigenvalue weighted by atomic mass is 19.1. The van der Waals surface area contributed by atoms with Crippen LogP contribution >= 0.6 is 0 Å². The molecule has 0 aromatic carbocycles. The average molecular weight is 336 g/mol. The first-order chi connectivity index (χ1) is 11.8. The van der Waals surface area contributed by atoms with E-state index in [9.17, 15) is 9.18 Å².